The molecule has 0 aliphatic carbocycles. The Bertz CT molecular complexity index is 463. The normalized spacial score (nSPS) is 14.3. The quantitative estimate of drug-likeness (QED) is 0.597. The summed E-state index contributed by atoms with van der Waals surface area (Å²) in [4.78, 5) is 10.9. The third-order valence-electron chi connectivity index (χ3n) is 3.72. The molecule has 0 bridgehead atoms. The lowest BCUT2D eigenvalue weighted by Gasteiger charge is -2.28. The van der Waals surface area contributed by atoms with Gasteiger partial charge in [0.05, 0.1) is 4.92 Å². The minimum absolute atomic E-state index is 0.203. The fourth-order valence-corrected chi connectivity index (χ4v) is 2.95. The first-order chi connectivity index (χ1) is 9.36. The summed E-state index contributed by atoms with van der Waals surface area (Å²) < 4.78 is 0.744. The molecular formula is C15H23BrN2O2. The topological polar surface area (TPSA) is 55.2 Å². The summed E-state index contributed by atoms with van der Waals surface area (Å²) in [5.41, 5.74) is 1.01. The Morgan fingerprint density at radius 1 is 1.35 bits per heavy atom. The molecule has 0 amide bonds. The number of benzene rings is 1. The SMILES string of the molecule is CCNC(C)C(Cc1ccc(Br)cc1[N+](=O)[O-])C(C)C. The molecule has 0 aliphatic heterocycles. The third kappa shape index (κ3) is 4.56. The Morgan fingerprint density at radius 2 is 2.00 bits per heavy atom. The minimum Gasteiger partial charge on any atom is -0.314 e. The van der Waals surface area contributed by atoms with E-state index in [-0.39, 0.29) is 10.6 Å². The second kappa shape index (κ2) is 7.74. The van der Waals surface area contributed by atoms with Crippen LogP contribution < -0.4 is 5.32 Å². The molecule has 112 valence electrons. The van der Waals surface area contributed by atoms with Gasteiger partial charge < -0.3 is 5.32 Å². The predicted octanol–water partition coefficient (Wildman–Crippen LogP) is 4.17. The fraction of sp³-hybridized carbons (Fsp3) is 0.600. The second-order valence-corrected chi connectivity index (χ2v) is 6.40. The fourth-order valence-electron chi connectivity index (χ4n) is 2.60. The van der Waals surface area contributed by atoms with Gasteiger partial charge in [0.1, 0.15) is 0 Å². The smallest absolute Gasteiger partial charge is 0.273 e. The molecule has 0 saturated carbocycles. The van der Waals surface area contributed by atoms with E-state index in [1.165, 1.54) is 0 Å². The molecule has 1 aromatic rings. The highest BCUT2D eigenvalue weighted by atomic mass is 79.9. The summed E-state index contributed by atoms with van der Waals surface area (Å²) in [6, 6.07) is 5.65. The standard InChI is InChI=1S/C15H23BrN2O2/c1-5-17-11(4)14(10(2)3)8-12-6-7-13(16)9-15(12)18(19)20/h6-7,9-11,14,17H,5,8H2,1-4H3. The molecule has 0 saturated heterocycles. The zero-order valence-corrected chi connectivity index (χ0v) is 14.1. The summed E-state index contributed by atoms with van der Waals surface area (Å²) in [6.07, 6.45) is 0.718. The molecule has 0 aromatic heterocycles. The lowest BCUT2D eigenvalue weighted by Crippen LogP contribution is -2.37. The Balaban J connectivity index is 3.02. The van der Waals surface area contributed by atoms with E-state index in [0.29, 0.717) is 17.9 Å². The molecule has 1 N–H and O–H groups in total. The first-order valence-corrected chi connectivity index (χ1v) is 7.82. The number of nitro groups is 1. The van der Waals surface area contributed by atoms with E-state index in [1.807, 2.05) is 12.1 Å². The molecule has 2 unspecified atom stereocenters. The van der Waals surface area contributed by atoms with Crippen LogP contribution in [0.15, 0.2) is 22.7 Å². The molecule has 5 heteroatoms. The highest BCUT2D eigenvalue weighted by Crippen LogP contribution is 2.29. The molecule has 0 heterocycles. The van der Waals surface area contributed by atoms with E-state index in [9.17, 15) is 10.1 Å². The molecule has 1 rings (SSSR count). The van der Waals surface area contributed by atoms with Gasteiger partial charge in [0.2, 0.25) is 0 Å². The van der Waals surface area contributed by atoms with Gasteiger partial charge in [-0.15, -0.1) is 0 Å². The van der Waals surface area contributed by atoms with Gasteiger partial charge in [-0.3, -0.25) is 10.1 Å². The van der Waals surface area contributed by atoms with E-state index < -0.39 is 0 Å². The van der Waals surface area contributed by atoms with Crippen molar-refractivity contribution >= 4 is 21.6 Å². The molecule has 20 heavy (non-hydrogen) atoms. The average molecular weight is 343 g/mol. The van der Waals surface area contributed by atoms with Gasteiger partial charge >= 0.3 is 0 Å². The molecule has 0 aliphatic rings. The number of hydrogen-bond donors (Lipinski definition) is 1. The monoisotopic (exact) mass is 342 g/mol. The minimum atomic E-state index is -0.296. The average Bonchev–Trinajstić information content (AvgIpc) is 2.36. The maximum Gasteiger partial charge on any atom is 0.273 e. The Morgan fingerprint density at radius 3 is 2.50 bits per heavy atom. The summed E-state index contributed by atoms with van der Waals surface area (Å²) >= 11 is 3.30. The van der Waals surface area contributed by atoms with Crippen molar-refractivity contribution in [1.82, 2.24) is 5.32 Å². The molecular weight excluding hydrogens is 320 g/mol. The molecule has 1 aromatic carbocycles. The summed E-state index contributed by atoms with van der Waals surface area (Å²) in [7, 11) is 0. The van der Waals surface area contributed by atoms with Gasteiger partial charge in [-0.25, -0.2) is 0 Å². The van der Waals surface area contributed by atoms with Crippen molar-refractivity contribution in [1.29, 1.82) is 0 Å². The van der Waals surface area contributed by atoms with Crippen LogP contribution in [0.2, 0.25) is 0 Å². The van der Waals surface area contributed by atoms with E-state index in [2.05, 4.69) is 48.9 Å². The summed E-state index contributed by atoms with van der Waals surface area (Å²) in [6.45, 7) is 9.48. The lowest BCUT2D eigenvalue weighted by atomic mass is 9.83. The lowest BCUT2D eigenvalue weighted by molar-refractivity contribution is -0.385. The zero-order valence-electron chi connectivity index (χ0n) is 12.5. The Hall–Kier alpha value is -0.940. The third-order valence-corrected chi connectivity index (χ3v) is 4.22. The number of nitrogens with zero attached hydrogens (tertiary/aromatic N) is 1. The van der Waals surface area contributed by atoms with Gasteiger partial charge in [0.25, 0.3) is 5.69 Å². The van der Waals surface area contributed by atoms with Crippen molar-refractivity contribution in [2.75, 3.05) is 6.54 Å². The number of hydrogen-bond acceptors (Lipinski definition) is 3. The van der Waals surface area contributed by atoms with Gasteiger partial charge in [-0.2, -0.15) is 0 Å². The van der Waals surface area contributed by atoms with Crippen molar-refractivity contribution in [2.24, 2.45) is 11.8 Å². The van der Waals surface area contributed by atoms with Gasteiger partial charge in [-0.05, 0) is 37.8 Å². The largest absolute Gasteiger partial charge is 0.314 e. The van der Waals surface area contributed by atoms with Crippen molar-refractivity contribution < 1.29 is 4.92 Å². The molecule has 0 radical (unpaired) electrons. The molecule has 0 fully saturated rings. The van der Waals surface area contributed by atoms with Crippen molar-refractivity contribution in [3.63, 3.8) is 0 Å². The van der Waals surface area contributed by atoms with E-state index >= 15 is 0 Å². The number of nitrogens with one attached hydrogen (secondary N) is 1. The zero-order chi connectivity index (χ0) is 15.3. The van der Waals surface area contributed by atoms with Crippen LogP contribution in [0.5, 0.6) is 0 Å². The van der Waals surface area contributed by atoms with Crippen LogP contribution in [0.3, 0.4) is 0 Å². The van der Waals surface area contributed by atoms with E-state index in [4.69, 9.17) is 0 Å². The highest BCUT2D eigenvalue weighted by molar-refractivity contribution is 9.10. The van der Waals surface area contributed by atoms with E-state index in [1.54, 1.807) is 6.07 Å². The van der Waals surface area contributed by atoms with Gasteiger partial charge in [0, 0.05) is 22.1 Å². The second-order valence-electron chi connectivity index (χ2n) is 5.49. The molecule has 2 atom stereocenters. The van der Waals surface area contributed by atoms with Crippen LogP contribution in [0.4, 0.5) is 5.69 Å². The van der Waals surface area contributed by atoms with Crippen LogP contribution in [0.1, 0.15) is 33.3 Å². The van der Waals surface area contributed by atoms with Crippen molar-refractivity contribution in [2.45, 2.75) is 40.2 Å². The Kier molecular flexibility index (Phi) is 6.62. The van der Waals surface area contributed by atoms with Crippen LogP contribution in [0.25, 0.3) is 0 Å². The number of halogens is 1. The maximum atomic E-state index is 11.2. The van der Waals surface area contributed by atoms with Crippen LogP contribution in [-0.2, 0) is 6.42 Å². The maximum absolute atomic E-state index is 11.2. The van der Waals surface area contributed by atoms with E-state index in [0.717, 1.165) is 23.0 Å². The van der Waals surface area contributed by atoms with Gasteiger partial charge in [0.15, 0.2) is 0 Å². The van der Waals surface area contributed by atoms with Crippen molar-refractivity contribution in [3.05, 3.63) is 38.3 Å². The Labute approximate surface area is 129 Å². The number of rotatable bonds is 7. The summed E-state index contributed by atoms with van der Waals surface area (Å²) in [5.74, 6) is 0.835. The van der Waals surface area contributed by atoms with Crippen molar-refractivity contribution in [3.8, 4) is 0 Å². The summed E-state index contributed by atoms with van der Waals surface area (Å²) in [5, 5.41) is 14.6. The first kappa shape index (κ1) is 17.1. The first-order valence-electron chi connectivity index (χ1n) is 7.03. The molecule has 0 spiro atoms. The van der Waals surface area contributed by atoms with Crippen LogP contribution in [0, 0.1) is 22.0 Å². The highest BCUT2D eigenvalue weighted by Gasteiger charge is 2.24. The predicted molar refractivity (Wildman–Crippen MR) is 86.0 cm³/mol. The molecule has 4 nitrogen and oxygen atoms in total. The van der Waals surface area contributed by atoms with Crippen LogP contribution in [-0.4, -0.2) is 17.5 Å². The number of nitro benzene ring substituents is 1. The van der Waals surface area contributed by atoms with Crippen LogP contribution >= 0.6 is 15.9 Å². The van der Waals surface area contributed by atoms with Gasteiger partial charge in [-0.1, -0.05) is 42.8 Å².